The molecule has 6 nitrogen and oxygen atoms in total. The van der Waals surface area contributed by atoms with Crippen molar-refractivity contribution in [3.05, 3.63) is 53.1 Å². The second kappa shape index (κ2) is 5.54. The van der Waals surface area contributed by atoms with E-state index in [4.69, 9.17) is 5.73 Å². The summed E-state index contributed by atoms with van der Waals surface area (Å²) in [4.78, 5) is 23.0. The van der Waals surface area contributed by atoms with Crippen LogP contribution in [0.15, 0.2) is 36.4 Å². The largest absolute Gasteiger partial charge is 0.504 e. The van der Waals surface area contributed by atoms with Crippen LogP contribution in [0.2, 0.25) is 0 Å². The molecule has 5 N–H and O–H groups in total. The molecule has 0 heterocycles. The quantitative estimate of drug-likeness (QED) is 0.499. The first kappa shape index (κ1) is 14.4. The Morgan fingerprint density at radius 3 is 2.10 bits per heavy atom. The van der Waals surface area contributed by atoms with Crippen molar-refractivity contribution < 1.29 is 24.9 Å². The van der Waals surface area contributed by atoms with Gasteiger partial charge in [0.1, 0.15) is 0 Å². The number of rotatable bonds is 4. The van der Waals surface area contributed by atoms with E-state index >= 15 is 0 Å². The van der Waals surface area contributed by atoms with Crippen molar-refractivity contribution in [1.29, 1.82) is 0 Å². The second-order valence-corrected chi connectivity index (χ2v) is 4.49. The zero-order valence-electron chi connectivity index (χ0n) is 10.9. The van der Waals surface area contributed by atoms with Crippen LogP contribution in [0.4, 0.5) is 0 Å². The summed E-state index contributed by atoms with van der Waals surface area (Å²) in [5.74, 6) is -2.89. The average molecular weight is 287 g/mol. The van der Waals surface area contributed by atoms with E-state index < -0.39 is 28.9 Å². The lowest BCUT2D eigenvalue weighted by Gasteiger charge is -2.07. The minimum Gasteiger partial charge on any atom is -0.504 e. The third-order valence-corrected chi connectivity index (χ3v) is 3.03. The van der Waals surface area contributed by atoms with Gasteiger partial charge in [0.05, 0.1) is 5.56 Å². The monoisotopic (exact) mass is 287 g/mol. The molecule has 0 spiro atoms. The molecule has 0 fully saturated rings. The fourth-order valence-corrected chi connectivity index (χ4v) is 1.86. The molecule has 0 aliphatic rings. The predicted molar refractivity (Wildman–Crippen MR) is 74.4 cm³/mol. The van der Waals surface area contributed by atoms with Crippen molar-refractivity contribution in [3.8, 4) is 17.2 Å². The maximum atomic E-state index is 12.1. The van der Waals surface area contributed by atoms with E-state index in [1.807, 2.05) is 0 Å². The summed E-state index contributed by atoms with van der Waals surface area (Å²) >= 11 is 0. The Bertz CT molecular complexity index is 707. The van der Waals surface area contributed by atoms with E-state index in [9.17, 15) is 24.9 Å². The molecule has 2 aromatic rings. The lowest BCUT2D eigenvalue weighted by Crippen LogP contribution is -2.11. The fourth-order valence-electron chi connectivity index (χ4n) is 1.86. The molecule has 108 valence electrons. The number of benzene rings is 2. The summed E-state index contributed by atoms with van der Waals surface area (Å²) in [5, 5.41) is 28.3. The van der Waals surface area contributed by atoms with Crippen LogP contribution < -0.4 is 5.73 Å². The van der Waals surface area contributed by atoms with Gasteiger partial charge in [-0.1, -0.05) is 12.1 Å². The molecule has 1 amide bonds. The van der Waals surface area contributed by atoms with E-state index in [0.29, 0.717) is 11.1 Å². The van der Waals surface area contributed by atoms with Crippen LogP contribution in [0.3, 0.4) is 0 Å². The lowest BCUT2D eigenvalue weighted by molar-refractivity contribution is 0.0986. The summed E-state index contributed by atoms with van der Waals surface area (Å²) in [7, 11) is 0. The highest BCUT2D eigenvalue weighted by Gasteiger charge is 2.17. The molecule has 0 saturated carbocycles. The third-order valence-electron chi connectivity index (χ3n) is 3.03. The number of carbonyl (C=O) groups is 2. The summed E-state index contributed by atoms with van der Waals surface area (Å²) in [5.41, 5.74) is 5.98. The smallest absolute Gasteiger partial charge is 0.248 e. The first-order valence-corrected chi connectivity index (χ1v) is 6.06. The Hall–Kier alpha value is -3.02. The van der Waals surface area contributed by atoms with Crippen LogP contribution in [-0.4, -0.2) is 27.0 Å². The number of ketones is 1. The second-order valence-electron chi connectivity index (χ2n) is 4.49. The van der Waals surface area contributed by atoms with Gasteiger partial charge in [-0.25, -0.2) is 0 Å². The predicted octanol–water partition coefficient (Wildman–Crippen LogP) is 1.33. The number of hydrogen-bond donors (Lipinski definition) is 4. The van der Waals surface area contributed by atoms with E-state index in [-0.39, 0.29) is 12.0 Å². The molecular formula is C15H13NO5. The number of hydrogen-bond acceptors (Lipinski definition) is 5. The van der Waals surface area contributed by atoms with Gasteiger partial charge in [-0.3, -0.25) is 9.59 Å². The van der Waals surface area contributed by atoms with E-state index in [1.54, 1.807) is 12.1 Å². The van der Waals surface area contributed by atoms with Gasteiger partial charge in [0.2, 0.25) is 11.7 Å². The molecule has 0 radical (unpaired) electrons. The molecule has 0 aromatic heterocycles. The van der Waals surface area contributed by atoms with E-state index in [2.05, 4.69) is 0 Å². The minimum atomic E-state index is -0.732. The zero-order valence-corrected chi connectivity index (χ0v) is 10.9. The minimum absolute atomic E-state index is 0.0309. The number of aromatic hydroxyl groups is 3. The first-order valence-electron chi connectivity index (χ1n) is 6.06. The standard InChI is InChI=1S/C15H13NO5/c16-15(21)9-3-1-8(2-4-9)7-12(18)10-5-6-11(17)14(20)13(10)19/h1-6,17,19-20H,7H2,(H2,16,21). The molecule has 2 aromatic carbocycles. The van der Waals surface area contributed by atoms with Crippen molar-refractivity contribution in [2.24, 2.45) is 5.73 Å². The van der Waals surface area contributed by atoms with Gasteiger partial charge in [-0.2, -0.15) is 0 Å². The third kappa shape index (κ3) is 2.94. The average Bonchev–Trinajstić information content (AvgIpc) is 2.45. The Kier molecular flexibility index (Phi) is 3.80. The normalized spacial score (nSPS) is 10.3. The summed E-state index contributed by atoms with van der Waals surface area (Å²) in [6, 6.07) is 8.51. The Morgan fingerprint density at radius 2 is 1.52 bits per heavy atom. The van der Waals surface area contributed by atoms with Crippen LogP contribution in [0.1, 0.15) is 26.3 Å². The number of nitrogens with two attached hydrogens (primary N) is 1. The zero-order chi connectivity index (χ0) is 15.6. The van der Waals surface area contributed by atoms with E-state index in [1.165, 1.54) is 18.2 Å². The number of phenols is 3. The van der Waals surface area contributed by atoms with Crippen LogP contribution in [0.25, 0.3) is 0 Å². The van der Waals surface area contributed by atoms with Crippen molar-refractivity contribution in [3.63, 3.8) is 0 Å². The molecule has 0 unspecified atom stereocenters. The van der Waals surface area contributed by atoms with E-state index in [0.717, 1.165) is 6.07 Å². The lowest BCUT2D eigenvalue weighted by atomic mass is 10.0. The van der Waals surface area contributed by atoms with Crippen LogP contribution in [-0.2, 0) is 6.42 Å². The number of Topliss-reactive ketones (excluding diaryl/α,β-unsaturated/α-hetero) is 1. The highest BCUT2D eigenvalue weighted by Crippen LogP contribution is 2.37. The number of phenolic OH excluding ortho intramolecular Hbond substituents is 3. The van der Waals surface area contributed by atoms with Gasteiger partial charge in [0.25, 0.3) is 0 Å². The highest BCUT2D eigenvalue weighted by atomic mass is 16.3. The molecule has 2 rings (SSSR count). The number of primary amides is 1. The van der Waals surface area contributed by atoms with Gasteiger partial charge in [-0.15, -0.1) is 0 Å². The topological polar surface area (TPSA) is 121 Å². The van der Waals surface area contributed by atoms with Gasteiger partial charge >= 0.3 is 0 Å². The van der Waals surface area contributed by atoms with Crippen LogP contribution >= 0.6 is 0 Å². The Labute approximate surface area is 120 Å². The van der Waals surface area contributed by atoms with Gasteiger partial charge in [0, 0.05) is 12.0 Å². The summed E-state index contributed by atoms with van der Waals surface area (Å²) < 4.78 is 0. The van der Waals surface area contributed by atoms with Crippen molar-refractivity contribution >= 4 is 11.7 Å². The molecule has 0 atom stereocenters. The van der Waals surface area contributed by atoms with Gasteiger partial charge < -0.3 is 21.1 Å². The molecule has 0 saturated heterocycles. The van der Waals surface area contributed by atoms with Crippen LogP contribution in [0.5, 0.6) is 17.2 Å². The maximum Gasteiger partial charge on any atom is 0.248 e. The van der Waals surface area contributed by atoms with Crippen LogP contribution in [0, 0.1) is 0 Å². The molecule has 0 bridgehead atoms. The number of carbonyl (C=O) groups excluding carboxylic acids is 2. The molecular weight excluding hydrogens is 274 g/mol. The highest BCUT2D eigenvalue weighted by molar-refractivity contribution is 6.01. The molecule has 0 aliphatic carbocycles. The Morgan fingerprint density at radius 1 is 0.905 bits per heavy atom. The van der Waals surface area contributed by atoms with Crippen molar-refractivity contribution in [2.75, 3.05) is 0 Å². The van der Waals surface area contributed by atoms with Gasteiger partial charge in [-0.05, 0) is 29.8 Å². The maximum absolute atomic E-state index is 12.1. The Balaban J connectivity index is 2.22. The van der Waals surface area contributed by atoms with Crippen molar-refractivity contribution in [1.82, 2.24) is 0 Å². The molecule has 0 aliphatic heterocycles. The summed E-state index contributed by atoms with van der Waals surface area (Å²) in [6.07, 6.45) is -0.0309. The molecule has 21 heavy (non-hydrogen) atoms. The first-order chi connectivity index (χ1) is 9.90. The SMILES string of the molecule is NC(=O)c1ccc(CC(=O)c2ccc(O)c(O)c2O)cc1. The van der Waals surface area contributed by atoms with Crippen molar-refractivity contribution in [2.45, 2.75) is 6.42 Å². The summed E-state index contributed by atoms with van der Waals surface area (Å²) in [6.45, 7) is 0. The number of amides is 1. The molecule has 6 heteroatoms. The fraction of sp³-hybridized carbons (Fsp3) is 0.0667. The van der Waals surface area contributed by atoms with Gasteiger partial charge in [0.15, 0.2) is 17.3 Å².